The highest BCUT2D eigenvalue weighted by Gasteiger charge is 2.46. The van der Waals surface area contributed by atoms with Crippen molar-refractivity contribution in [2.24, 2.45) is 12.8 Å². The topological polar surface area (TPSA) is 56.3 Å². The largest absolute Gasteiger partial charge is 0.379 e. The Morgan fingerprint density at radius 2 is 2.00 bits per heavy atom. The van der Waals surface area contributed by atoms with Crippen LogP contribution < -0.4 is 5.73 Å². The van der Waals surface area contributed by atoms with Crippen molar-refractivity contribution in [1.29, 1.82) is 0 Å². The Labute approximate surface area is 125 Å². The molecule has 1 saturated carbocycles. The molecule has 1 aliphatic heterocycles. The summed E-state index contributed by atoms with van der Waals surface area (Å²) in [4.78, 5) is 2.53. The van der Waals surface area contributed by atoms with E-state index >= 15 is 0 Å². The molecular formula is C14H23ClN4O. The minimum absolute atomic E-state index is 0.0151. The Morgan fingerprint density at radius 1 is 1.35 bits per heavy atom. The zero-order chi connectivity index (χ0) is 14.2. The molecule has 1 atom stereocenters. The zero-order valence-electron chi connectivity index (χ0n) is 12.0. The highest BCUT2D eigenvalue weighted by Crippen LogP contribution is 2.44. The number of hydrogen-bond donors (Lipinski definition) is 1. The van der Waals surface area contributed by atoms with E-state index in [0.29, 0.717) is 5.02 Å². The molecule has 1 unspecified atom stereocenters. The number of rotatable bonds is 3. The third-order valence-electron chi connectivity index (χ3n) is 4.92. The first-order valence-corrected chi connectivity index (χ1v) is 7.79. The molecular weight excluding hydrogens is 276 g/mol. The van der Waals surface area contributed by atoms with Gasteiger partial charge in [-0.3, -0.25) is 9.58 Å². The number of morpholine rings is 1. The Hall–Kier alpha value is -0.620. The standard InChI is InChI=1S/C14H23ClN4O/c1-18-12(11(15)10-17-18)13(16)14(4-2-3-5-14)19-6-8-20-9-7-19/h10,13H,2-9,16H2,1H3. The van der Waals surface area contributed by atoms with Crippen LogP contribution in [0.1, 0.15) is 37.4 Å². The summed E-state index contributed by atoms with van der Waals surface area (Å²) >= 11 is 6.31. The highest BCUT2D eigenvalue weighted by atomic mass is 35.5. The highest BCUT2D eigenvalue weighted by molar-refractivity contribution is 6.31. The van der Waals surface area contributed by atoms with E-state index in [1.165, 1.54) is 12.8 Å². The number of aromatic nitrogens is 2. The molecule has 1 aromatic rings. The summed E-state index contributed by atoms with van der Waals surface area (Å²) in [5, 5.41) is 4.93. The predicted octanol–water partition coefficient (Wildman–Crippen LogP) is 1.72. The Bertz CT molecular complexity index is 444. The molecule has 0 aromatic carbocycles. The van der Waals surface area contributed by atoms with Crippen LogP contribution in [0.3, 0.4) is 0 Å². The Kier molecular flexibility index (Phi) is 4.04. The first-order valence-electron chi connectivity index (χ1n) is 7.41. The molecule has 1 aliphatic carbocycles. The maximum absolute atomic E-state index is 6.68. The molecule has 6 heteroatoms. The molecule has 2 heterocycles. The molecule has 3 rings (SSSR count). The van der Waals surface area contributed by atoms with Gasteiger partial charge >= 0.3 is 0 Å². The van der Waals surface area contributed by atoms with Crippen LogP contribution >= 0.6 is 11.6 Å². The van der Waals surface area contributed by atoms with E-state index in [0.717, 1.165) is 44.8 Å². The lowest BCUT2D eigenvalue weighted by atomic mass is 9.84. The van der Waals surface area contributed by atoms with Gasteiger partial charge in [0, 0.05) is 25.7 Å². The smallest absolute Gasteiger partial charge is 0.0834 e. The van der Waals surface area contributed by atoms with Gasteiger partial charge in [0.25, 0.3) is 0 Å². The second-order valence-electron chi connectivity index (χ2n) is 5.89. The third kappa shape index (κ3) is 2.26. The fourth-order valence-electron chi connectivity index (χ4n) is 3.84. The van der Waals surface area contributed by atoms with Gasteiger partial charge in [-0.1, -0.05) is 24.4 Å². The molecule has 0 radical (unpaired) electrons. The van der Waals surface area contributed by atoms with Crippen LogP contribution in [-0.4, -0.2) is 46.5 Å². The number of nitrogens with zero attached hydrogens (tertiary/aromatic N) is 3. The van der Waals surface area contributed by atoms with Gasteiger partial charge in [-0.05, 0) is 12.8 Å². The molecule has 2 fully saturated rings. The van der Waals surface area contributed by atoms with Gasteiger partial charge in [-0.15, -0.1) is 0 Å². The van der Waals surface area contributed by atoms with Crippen LogP contribution in [0.5, 0.6) is 0 Å². The number of hydrogen-bond acceptors (Lipinski definition) is 4. The van der Waals surface area contributed by atoms with Crippen molar-refractivity contribution in [3.05, 3.63) is 16.9 Å². The van der Waals surface area contributed by atoms with E-state index in [2.05, 4.69) is 10.00 Å². The van der Waals surface area contributed by atoms with Crippen LogP contribution in [0, 0.1) is 0 Å². The van der Waals surface area contributed by atoms with E-state index < -0.39 is 0 Å². The van der Waals surface area contributed by atoms with E-state index in [4.69, 9.17) is 22.1 Å². The average Bonchev–Trinajstić information content (AvgIpc) is 3.08. The summed E-state index contributed by atoms with van der Waals surface area (Å²) < 4.78 is 7.32. The quantitative estimate of drug-likeness (QED) is 0.923. The summed E-state index contributed by atoms with van der Waals surface area (Å²) in [6, 6.07) is -0.0944. The fraction of sp³-hybridized carbons (Fsp3) is 0.786. The number of ether oxygens (including phenoxy) is 1. The van der Waals surface area contributed by atoms with Gasteiger partial charge < -0.3 is 10.5 Å². The van der Waals surface area contributed by atoms with E-state index in [1.54, 1.807) is 6.20 Å². The first-order chi connectivity index (χ1) is 9.65. The summed E-state index contributed by atoms with van der Waals surface area (Å²) in [5.74, 6) is 0. The van der Waals surface area contributed by atoms with Gasteiger partial charge in [-0.25, -0.2) is 0 Å². The molecule has 0 spiro atoms. The van der Waals surface area contributed by atoms with Crippen molar-refractivity contribution < 1.29 is 4.74 Å². The lowest BCUT2D eigenvalue weighted by Crippen LogP contribution is -2.57. The van der Waals surface area contributed by atoms with Crippen LogP contribution in [0.25, 0.3) is 0 Å². The van der Waals surface area contributed by atoms with E-state index in [-0.39, 0.29) is 11.6 Å². The van der Waals surface area contributed by atoms with Crippen molar-refractivity contribution >= 4 is 11.6 Å². The zero-order valence-corrected chi connectivity index (χ0v) is 12.8. The summed E-state index contributed by atoms with van der Waals surface area (Å²) in [6.45, 7) is 3.52. The van der Waals surface area contributed by atoms with Gasteiger partial charge in [-0.2, -0.15) is 5.10 Å². The average molecular weight is 299 g/mol. The number of halogens is 1. The predicted molar refractivity (Wildman–Crippen MR) is 78.7 cm³/mol. The minimum Gasteiger partial charge on any atom is -0.379 e. The van der Waals surface area contributed by atoms with Crippen LogP contribution in [-0.2, 0) is 11.8 Å². The molecule has 0 bridgehead atoms. The normalized spacial score (nSPS) is 24.9. The van der Waals surface area contributed by atoms with Crippen molar-refractivity contribution in [3.8, 4) is 0 Å². The van der Waals surface area contributed by atoms with Crippen LogP contribution in [0.2, 0.25) is 5.02 Å². The van der Waals surface area contributed by atoms with Crippen molar-refractivity contribution in [1.82, 2.24) is 14.7 Å². The summed E-state index contributed by atoms with van der Waals surface area (Å²) in [5.41, 5.74) is 7.66. The van der Waals surface area contributed by atoms with Crippen molar-refractivity contribution in [3.63, 3.8) is 0 Å². The minimum atomic E-state index is -0.0944. The van der Waals surface area contributed by atoms with E-state index in [1.807, 2.05) is 11.7 Å². The summed E-state index contributed by atoms with van der Waals surface area (Å²) in [7, 11) is 1.92. The number of nitrogens with two attached hydrogens (primary N) is 1. The molecule has 2 aliphatic rings. The SMILES string of the molecule is Cn1ncc(Cl)c1C(N)C1(N2CCOCC2)CCCC1. The molecule has 112 valence electrons. The molecule has 2 N–H and O–H groups in total. The van der Waals surface area contributed by atoms with Crippen LogP contribution in [0.15, 0.2) is 6.20 Å². The lowest BCUT2D eigenvalue weighted by molar-refractivity contribution is -0.0320. The van der Waals surface area contributed by atoms with Gasteiger partial charge in [0.05, 0.1) is 36.2 Å². The molecule has 1 saturated heterocycles. The van der Waals surface area contributed by atoms with Crippen molar-refractivity contribution in [2.75, 3.05) is 26.3 Å². The maximum Gasteiger partial charge on any atom is 0.0834 e. The van der Waals surface area contributed by atoms with Gasteiger partial charge in [0.2, 0.25) is 0 Å². The Balaban J connectivity index is 1.93. The second kappa shape index (κ2) is 5.64. The monoisotopic (exact) mass is 298 g/mol. The fourth-order valence-corrected chi connectivity index (χ4v) is 4.13. The second-order valence-corrected chi connectivity index (χ2v) is 6.30. The molecule has 1 aromatic heterocycles. The first kappa shape index (κ1) is 14.3. The van der Waals surface area contributed by atoms with Crippen LogP contribution in [0.4, 0.5) is 0 Å². The lowest BCUT2D eigenvalue weighted by Gasteiger charge is -2.47. The van der Waals surface area contributed by atoms with Gasteiger partial charge in [0.15, 0.2) is 0 Å². The summed E-state index contributed by atoms with van der Waals surface area (Å²) in [6.07, 6.45) is 6.44. The van der Waals surface area contributed by atoms with Gasteiger partial charge in [0.1, 0.15) is 0 Å². The number of aryl methyl sites for hydroxylation is 1. The third-order valence-corrected chi connectivity index (χ3v) is 5.21. The Morgan fingerprint density at radius 3 is 2.55 bits per heavy atom. The molecule has 0 amide bonds. The maximum atomic E-state index is 6.68. The van der Waals surface area contributed by atoms with Crippen molar-refractivity contribution in [2.45, 2.75) is 37.3 Å². The molecule has 20 heavy (non-hydrogen) atoms. The van der Waals surface area contributed by atoms with E-state index in [9.17, 15) is 0 Å². The molecule has 5 nitrogen and oxygen atoms in total.